The second kappa shape index (κ2) is 4.87. The molecule has 0 amide bonds. The third-order valence-electron chi connectivity index (χ3n) is 3.99. The van der Waals surface area contributed by atoms with E-state index in [4.69, 9.17) is 13.9 Å². The number of aryl methyl sites for hydroxylation is 1. The summed E-state index contributed by atoms with van der Waals surface area (Å²) < 4.78 is 16.0. The van der Waals surface area contributed by atoms with Crippen LogP contribution < -0.4 is 9.47 Å². The minimum atomic E-state index is -1.01. The van der Waals surface area contributed by atoms with Gasteiger partial charge in [0.25, 0.3) is 0 Å². The van der Waals surface area contributed by atoms with Crippen LogP contribution >= 0.6 is 0 Å². The summed E-state index contributed by atoms with van der Waals surface area (Å²) in [5, 5.41) is 11.1. The first-order valence-electron chi connectivity index (χ1n) is 6.71. The number of methoxy groups -OCH3 is 2. The van der Waals surface area contributed by atoms with Gasteiger partial charge in [-0.2, -0.15) is 0 Å². The molecule has 0 fully saturated rings. The molecule has 1 unspecified atom stereocenters. The molecule has 20 heavy (non-hydrogen) atoms. The number of hydrogen-bond acceptors (Lipinski definition) is 4. The SMILES string of the molecule is COc1ccc(C2(O)CCCc3occc32)cc1OC. The number of furan rings is 1. The first-order valence-corrected chi connectivity index (χ1v) is 6.71. The Morgan fingerprint density at radius 3 is 2.70 bits per heavy atom. The summed E-state index contributed by atoms with van der Waals surface area (Å²) in [4.78, 5) is 0. The van der Waals surface area contributed by atoms with E-state index in [0.717, 1.165) is 29.7 Å². The molecule has 1 N–H and O–H groups in total. The third kappa shape index (κ3) is 1.88. The topological polar surface area (TPSA) is 51.8 Å². The van der Waals surface area contributed by atoms with Crippen molar-refractivity contribution in [3.05, 3.63) is 47.4 Å². The molecule has 1 aromatic heterocycles. The molecule has 0 aliphatic heterocycles. The Hall–Kier alpha value is -1.94. The Kier molecular flexibility index (Phi) is 3.18. The second-order valence-corrected chi connectivity index (χ2v) is 5.04. The van der Waals surface area contributed by atoms with Crippen LogP contribution in [-0.2, 0) is 12.0 Å². The van der Waals surface area contributed by atoms with Crippen LogP contribution in [0.15, 0.2) is 34.9 Å². The van der Waals surface area contributed by atoms with E-state index in [9.17, 15) is 5.11 Å². The van der Waals surface area contributed by atoms with E-state index in [0.29, 0.717) is 17.9 Å². The van der Waals surface area contributed by atoms with E-state index in [2.05, 4.69) is 0 Å². The highest BCUT2D eigenvalue weighted by atomic mass is 16.5. The normalized spacial score (nSPS) is 21.4. The summed E-state index contributed by atoms with van der Waals surface area (Å²) in [5.74, 6) is 2.14. The highest BCUT2D eigenvalue weighted by molar-refractivity contribution is 5.48. The Morgan fingerprint density at radius 2 is 1.95 bits per heavy atom. The maximum Gasteiger partial charge on any atom is 0.161 e. The van der Waals surface area contributed by atoms with Crippen LogP contribution in [0.5, 0.6) is 11.5 Å². The zero-order valence-corrected chi connectivity index (χ0v) is 11.7. The van der Waals surface area contributed by atoms with Gasteiger partial charge in [0.05, 0.1) is 20.5 Å². The Labute approximate surface area is 117 Å². The Morgan fingerprint density at radius 1 is 1.15 bits per heavy atom. The first kappa shape index (κ1) is 13.1. The lowest BCUT2D eigenvalue weighted by Gasteiger charge is -2.32. The monoisotopic (exact) mass is 274 g/mol. The Bertz CT molecular complexity index is 617. The molecular weight excluding hydrogens is 256 g/mol. The van der Waals surface area contributed by atoms with Gasteiger partial charge in [-0.25, -0.2) is 0 Å². The van der Waals surface area contributed by atoms with Crippen LogP contribution in [0, 0.1) is 0 Å². The van der Waals surface area contributed by atoms with E-state index < -0.39 is 5.60 Å². The number of fused-ring (bicyclic) bond motifs is 1. The van der Waals surface area contributed by atoms with Crippen molar-refractivity contribution in [2.75, 3.05) is 14.2 Å². The van der Waals surface area contributed by atoms with Gasteiger partial charge in [-0.1, -0.05) is 6.07 Å². The molecule has 106 valence electrons. The van der Waals surface area contributed by atoms with Gasteiger partial charge in [0.1, 0.15) is 11.4 Å². The highest BCUT2D eigenvalue weighted by Gasteiger charge is 2.38. The van der Waals surface area contributed by atoms with E-state index in [1.54, 1.807) is 20.5 Å². The summed E-state index contributed by atoms with van der Waals surface area (Å²) >= 11 is 0. The number of ether oxygens (including phenoxy) is 2. The molecule has 0 spiro atoms. The molecule has 4 heteroatoms. The minimum absolute atomic E-state index is 0.619. The molecule has 1 aliphatic carbocycles. The van der Waals surface area contributed by atoms with Crippen molar-refractivity contribution in [1.29, 1.82) is 0 Å². The molecule has 2 aromatic rings. The smallest absolute Gasteiger partial charge is 0.161 e. The van der Waals surface area contributed by atoms with Gasteiger partial charge < -0.3 is 19.0 Å². The van der Waals surface area contributed by atoms with Gasteiger partial charge in [-0.05, 0) is 36.6 Å². The van der Waals surface area contributed by atoms with Gasteiger partial charge in [0, 0.05) is 12.0 Å². The average molecular weight is 274 g/mol. The zero-order valence-electron chi connectivity index (χ0n) is 11.7. The van der Waals surface area contributed by atoms with Crippen molar-refractivity contribution in [2.24, 2.45) is 0 Å². The fourth-order valence-electron chi connectivity index (χ4n) is 2.94. The van der Waals surface area contributed by atoms with Crippen LogP contribution in [0.3, 0.4) is 0 Å². The quantitative estimate of drug-likeness (QED) is 0.935. The fourth-order valence-corrected chi connectivity index (χ4v) is 2.94. The Balaban J connectivity index is 2.10. The van der Waals surface area contributed by atoms with E-state index >= 15 is 0 Å². The lowest BCUT2D eigenvalue weighted by Crippen LogP contribution is -2.31. The molecule has 1 aromatic carbocycles. The third-order valence-corrected chi connectivity index (χ3v) is 3.99. The molecule has 1 atom stereocenters. The van der Waals surface area contributed by atoms with Crippen LogP contribution in [0.2, 0.25) is 0 Å². The largest absolute Gasteiger partial charge is 0.493 e. The fraction of sp³-hybridized carbons (Fsp3) is 0.375. The van der Waals surface area contributed by atoms with Crippen molar-refractivity contribution >= 4 is 0 Å². The maximum atomic E-state index is 11.1. The molecule has 0 bridgehead atoms. The summed E-state index contributed by atoms with van der Waals surface area (Å²) in [6.45, 7) is 0. The molecule has 0 radical (unpaired) electrons. The standard InChI is InChI=1S/C16H18O4/c1-18-14-6-5-11(10-15(14)19-2)16(17)8-3-4-13-12(16)7-9-20-13/h5-7,9-10,17H,3-4,8H2,1-2H3. The van der Waals surface area contributed by atoms with Gasteiger partial charge in [-0.3, -0.25) is 0 Å². The second-order valence-electron chi connectivity index (χ2n) is 5.04. The molecule has 0 saturated heterocycles. The highest BCUT2D eigenvalue weighted by Crippen LogP contribution is 2.43. The molecular formula is C16H18O4. The first-order chi connectivity index (χ1) is 9.69. The van der Waals surface area contributed by atoms with E-state index in [1.807, 2.05) is 24.3 Å². The number of rotatable bonds is 3. The number of benzene rings is 1. The summed E-state index contributed by atoms with van der Waals surface area (Å²) in [6.07, 6.45) is 4.08. The van der Waals surface area contributed by atoms with Crippen LogP contribution in [0.4, 0.5) is 0 Å². The molecule has 1 heterocycles. The molecule has 3 rings (SSSR count). The lowest BCUT2D eigenvalue weighted by atomic mass is 9.78. The van der Waals surface area contributed by atoms with Gasteiger partial charge in [0.15, 0.2) is 11.5 Å². The van der Waals surface area contributed by atoms with E-state index in [1.165, 1.54) is 0 Å². The average Bonchev–Trinajstić information content (AvgIpc) is 2.96. The van der Waals surface area contributed by atoms with Crippen LogP contribution in [0.25, 0.3) is 0 Å². The van der Waals surface area contributed by atoms with Crippen molar-refractivity contribution in [1.82, 2.24) is 0 Å². The van der Waals surface area contributed by atoms with Gasteiger partial charge in [-0.15, -0.1) is 0 Å². The van der Waals surface area contributed by atoms with Crippen molar-refractivity contribution in [2.45, 2.75) is 24.9 Å². The van der Waals surface area contributed by atoms with Gasteiger partial charge >= 0.3 is 0 Å². The number of aliphatic hydroxyl groups is 1. The molecule has 4 nitrogen and oxygen atoms in total. The van der Waals surface area contributed by atoms with E-state index in [-0.39, 0.29) is 0 Å². The van der Waals surface area contributed by atoms with Crippen molar-refractivity contribution in [3.8, 4) is 11.5 Å². The molecule has 0 saturated carbocycles. The lowest BCUT2D eigenvalue weighted by molar-refractivity contribution is 0.0586. The van der Waals surface area contributed by atoms with Gasteiger partial charge in [0.2, 0.25) is 0 Å². The maximum absolute atomic E-state index is 11.1. The van der Waals surface area contributed by atoms with Crippen molar-refractivity contribution in [3.63, 3.8) is 0 Å². The predicted molar refractivity (Wildman–Crippen MR) is 74.2 cm³/mol. The van der Waals surface area contributed by atoms with Crippen LogP contribution in [-0.4, -0.2) is 19.3 Å². The summed E-state index contributed by atoms with van der Waals surface area (Å²) in [6, 6.07) is 7.39. The minimum Gasteiger partial charge on any atom is -0.493 e. The summed E-state index contributed by atoms with van der Waals surface area (Å²) in [7, 11) is 3.19. The summed E-state index contributed by atoms with van der Waals surface area (Å²) in [5.41, 5.74) is 0.647. The zero-order chi connectivity index (χ0) is 14.2. The number of hydrogen-bond donors (Lipinski definition) is 1. The molecule has 1 aliphatic rings. The predicted octanol–water partition coefficient (Wildman–Crippen LogP) is 2.87. The van der Waals surface area contributed by atoms with Crippen molar-refractivity contribution < 1.29 is 19.0 Å². The van der Waals surface area contributed by atoms with Crippen LogP contribution in [0.1, 0.15) is 29.7 Å².